The van der Waals surface area contributed by atoms with Crippen molar-refractivity contribution in [3.8, 4) is 0 Å². The van der Waals surface area contributed by atoms with Gasteiger partial charge in [0, 0.05) is 18.8 Å². The minimum Gasteiger partial charge on any atom is -0.311 e. The van der Waals surface area contributed by atoms with Crippen molar-refractivity contribution in [2.75, 3.05) is 22.3 Å². The molecule has 2 aliphatic heterocycles. The highest BCUT2D eigenvalue weighted by atomic mass is 32.2. The van der Waals surface area contributed by atoms with Crippen LogP contribution in [0.25, 0.3) is 0 Å². The number of hydrogen-bond acceptors (Lipinski definition) is 4. The van der Waals surface area contributed by atoms with E-state index in [1.54, 1.807) is 18.7 Å². The van der Waals surface area contributed by atoms with Gasteiger partial charge in [-0.1, -0.05) is 36.4 Å². The van der Waals surface area contributed by atoms with Gasteiger partial charge in [0.2, 0.25) is 5.91 Å². The fraction of sp³-hybridized carbons (Fsp3) is 0.333. The molecule has 0 fully saturated rings. The van der Waals surface area contributed by atoms with E-state index in [-0.39, 0.29) is 17.3 Å². The maximum Gasteiger partial charge on any atom is 0.268 e. The molecule has 1 aromatic heterocycles. The molecular weight excluding hydrogens is 424 g/mol. The summed E-state index contributed by atoms with van der Waals surface area (Å²) >= 11 is 0. The van der Waals surface area contributed by atoms with Crippen molar-refractivity contribution in [3.05, 3.63) is 71.0 Å². The zero-order valence-electron chi connectivity index (χ0n) is 18.3. The Morgan fingerprint density at radius 2 is 1.59 bits per heavy atom. The van der Waals surface area contributed by atoms with Crippen molar-refractivity contribution in [3.63, 3.8) is 0 Å². The Morgan fingerprint density at radius 1 is 0.938 bits per heavy atom. The summed E-state index contributed by atoms with van der Waals surface area (Å²) in [6, 6.07) is 15.5. The SMILES string of the molecule is Cc1nn(CC(=O)N2CCCc3ccccc32)c(C)c1S(=O)(=O)N1CCc2ccccc21. The summed E-state index contributed by atoms with van der Waals surface area (Å²) in [7, 11) is -3.78. The Kier molecular flexibility index (Phi) is 5.04. The Morgan fingerprint density at radius 3 is 2.34 bits per heavy atom. The van der Waals surface area contributed by atoms with Crippen molar-refractivity contribution in [2.24, 2.45) is 0 Å². The van der Waals surface area contributed by atoms with Gasteiger partial charge in [-0.25, -0.2) is 8.42 Å². The molecule has 2 aromatic carbocycles. The van der Waals surface area contributed by atoms with Crippen LogP contribution in [0.1, 0.15) is 28.9 Å². The van der Waals surface area contributed by atoms with Crippen molar-refractivity contribution in [2.45, 2.75) is 44.6 Å². The highest BCUT2D eigenvalue weighted by Crippen LogP contribution is 2.34. The lowest BCUT2D eigenvalue weighted by molar-refractivity contribution is -0.119. The van der Waals surface area contributed by atoms with Crippen molar-refractivity contribution in [1.82, 2.24) is 9.78 Å². The number of fused-ring (bicyclic) bond motifs is 2. The number of amides is 1. The molecule has 32 heavy (non-hydrogen) atoms. The van der Waals surface area contributed by atoms with Crippen LogP contribution >= 0.6 is 0 Å². The van der Waals surface area contributed by atoms with Gasteiger partial charge in [-0.2, -0.15) is 5.10 Å². The highest BCUT2D eigenvalue weighted by Gasteiger charge is 2.35. The first-order chi connectivity index (χ1) is 15.4. The second kappa shape index (κ2) is 7.78. The zero-order chi connectivity index (χ0) is 22.5. The van der Waals surface area contributed by atoms with Crippen LogP contribution in [0.3, 0.4) is 0 Å². The van der Waals surface area contributed by atoms with E-state index in [1.807, 2.05) is 42.5 Å². The van der Waals surface area contributed by atoms with Crippen LogP contribution in [-0.2, 0) is 34.2 Å². The van der Waals surface area contributed by atoms with Crippen LogP contribution in [0.15, 0.2) is 53.4 Å². The molecule has 8 heteroatoms. The first-order valence-corrected chi connectivity index (χ1v) is 12.3. The number of hydrogen-bond donors (Lipinski definition) is 0. The second-order valence-corrected chi connectivity index (χ2v) is 10.2. The Labute approximate surface area is 188 Å². The van der Waals surface area contributed by atoms with Crippen molar-refractivity contribution >= 4 is 27.3 Å². The third-order valence-corrected chi connectivity index (χ3v) is 8.47. The molecular formula is C24H26N4O3S. The Bertz CT molecular complexity index is 1310. The molecule has 3 aromatic rings. The number of rotatable bonds is 4. The molecule has 2 aliphatic rings. The predicted molar refractivity (Wildman–Crippen MR) is 123 cm³/mol. The van der Waals surface area contributed by atoms with Crippen LogP contribution in [0, 0.1) is 13.8 Å². The summed E-state index contributed by atoms with van der Waals surface area (Å²) < 4.78 is 30.2. The molecule has 0 bridgehead atoms. The quantitative estimate of drug-likeness (QED) is 0.612. The molecule has 3 heterocycles. The van der Waals surface area contributed by atoms with Gasteiger partial charge in [-0.15, -0.1) is 0 Å². The van der Waals surface area contributed by atoms with Crippen LogP contribution in [0.4, 0.5) is 11.4 Å². The van der Waals surface area contributed by atoms with E-state index in [2.05, 4.69) is 11.2 Å². The first-order valence-electron chi connectivity index (χ1n) is 10.9. The first kappa shape index (κ1) is 20.8. The number of aromatic nitrogens is 2. The monoisotopic (exact) mass is 450 g/mol. The van der Waals surface area contributed by atoms with Crippen LogP contribution in [0.2, 0.25) is 0 Å². The average molecular weight is 451 g/mol. The van der Waals surface area contributed by atoms with Gasteiger partial charge in [0.05, 0.1) is 17.1 Å². The fourth-order valence-corrected chi connectivity index (χ4v) is 6.76. The van der Waals surface area contributed by atoms with Gasteiger partial charge in [0.15, 0.2) is 0 Å². The van der Waals surface area contributed by atoms with E-state index >= 15 is 0 Å². The van der Waals surface area contributed by atoms with Gasteiger partial charge in [-0.05, 0) is 56.4 Å². The molecule has 166 valence electrons. The molecule has 0 atom stereocenters. The maximum absolute atomic E-state index is 13.6. The highest BCUT2D eigenvalue weighted by molar-refractivity contribution is 7.93. The van der Waals surface area contributed by atoms with Crippen molar-refractivity contribution < 1.29 is 13.2 Å². The zero-order valence-corrected chi connectivity index (χ0v) is 19.1. The number of aryl methyl sites for hydroxylation is 2. The number of nitrogens with zero attached hydrogens (tertiary/aromatic N) is 4. The second-order valence-electron chi connectivity index (χ2n) is 8.39. The van der Waals surface area contributed by atoms with E-state index < -0.39 is 10.0 Å². The largest absolute Gasteiger partial charge is 0.311 e. The lowest BCUT2D eigenvalue weighted by atomic mass is 10.0. The molecule has 0 N–H and O–H groups in total. The normalized spacial score (nSPS) is 15.6. The molecule has 0 unspecified atom stereocenters. The standard InChI is InChI=1S/C24H26N4O3S/c1-17-24(32(30,31)28-15-13-20-9-4-6-12-22(20)28)18(2)27(25-17)16-23(29)26-14-7-10-19-8-3-5-11-21(19)26/h3-6,8-9,11-12H,7,10,13-16H2,1-2H3. The summed E-state index contributed by atoms with van der Waals surface area (Å²) in [5.41, 5.74) is 4.75. The number of carbonyl (C=O) groups excluding carboxylic acids is 1. The lowest BCUT2D eigenvalue weighted by Crippen LogP contribution is -2.38. The summed E-state index contributed by atoms with van der Waals surface area (Å²) in [6.07, 6.45) is 2.56. The molecule has 0 aliphatic carbocycles. The van der Waals surface area contributed by atoms with Crippen LogP contribution < -0.4 is 9.21 Å². The Hall–Kier alpha value is -3.13. The maximum atomic E-state index is 13.6. The predicted octanol–water partition coefficient (Wildman–Crippen LogP) is 3.23. The summed E-state index contributed by atoms with van der Waals surface area (Å²) in [4.78, 5) is 15.2. The molecule has 0 radical (unpaired) electrons. The van der Waals surface area contributed by atoms with E-state index in [0.29, 0.717) is 30.9 Å². The molecule has 0 saturated heterocycles. The number of carbonyl (C=O) groups is 1. The summed E-state index contributed by atoms with van der Waals surface area (Å²) in [5.74, 6) is -0.0850. The molecule has 0 spiro atoms. The topological polar surface area (TPSA) is 75.5 Å². The summed E-state index contributed by atoms with van der Waals surface area (Å²) in [6.45, 7) is 4.50. The summed E-state index contributed by atoms with van der Waals surface area (Å²) in [5, 5.41) is 4.46. The minimum atomic E-state index is -3.78. The number of para-hydroxylation sites is 2. The third-order valence-electron chi connectivity index (χ3n) is 6.40. The number of benzene rings is 2. The van der Waals surface area contributed by atoms with E-state index in [9.17, 15) is 13.2 Å². The van der Waals surface area contributed by atoms with Gasteiger partial charge >= 0.3 is 0 Å². The van der Waals surface area contributed by atoms with E-state index in [1.165, 1.54) is 8.99 Å². The lowest BCUT2D eigenvalue weighted by Gasteiger charge is -2.29. The molecule has 7 nitrogen and oxygen atoms in total. The number of anilines is 2. The molecule has 1 amide bonds. The smallest absolute Gasteiger partial charge is 0.268 e. The Balaban J connectivity index is 1.45. The van der Waals surface area contributed by atoms with E-state index in [4.69, 9.17) is 0 Å². The van der Waals surface area contributed by atoms with Crippen LogP contribution in [0.5, 0.6) is 0 Å². The molecule has 0 saturated carbocycles. The minimum absolute atomic E-state index is 0.00706. The van der Waals surface area contributed by atoms with Gasteiger partial charge in [0.25, 0.3) is 10.0 Å². The van der Waals surface area contributed by atoms with Gasteiger partial charge < -0.3 is 4.90 Å². The number of sulfonamides is 1. The van der Waals surface area contributed by atoms with E-state index in [0.717, 1.165) is 35.3 Å². The van der Waals surface area contributed by atoms with Crippen LogP contribution in [-0.4, -0.2) is 37.2 Å². The van der Waals surface area contributed by atoms with Gasteiger partial charge in [0.1, 0.15) is 11.4 Å². The third kappa shape index (κ3) is 3.30. The van der Waals surface area contributed by atoms with Gasteiger partial charge in [-0.3, -0.25) is 13.8 Å². The average Bonchev–Trinajstić information content (AvgIpc) is 3.34. The fourth-order valence-electron chi connectivity index (χ4n) is 4.88. The molecule has 5 rings (SSSR count). The van der Waals surface area contributed by atoms with Crippen molar-refractivity contribution in [1.29, 1.82) is 0 Å².